The van der Waals surface area contributed by atoms with E-state index in [1.54, 1.807) is 0 Å². The topological polar surface area (TPSA) is 0 Å². The van der Waals surface area contributed by atoms with Gasteiger partial charge in [0.25, 0.3) is 0 Å². The van der Waals surface area contributed by atoms with E-state index in [0.29, 0.717) is 0 Å². The molecule has 0 saturated carbocycles. The fraction of sp³-hybridized carbons (Fsp3) is 0.136. The summed E-state index contributed by atoms with van der Waals surface area (Å²) < 4.78 is 0. The van der Waals surface area contributed by atoms with Crippen LogP contribution in [0.5, 0.6) is 0 Å². The third-order valence-electron chi connectivity index (χ3n) is 9.71. The molecule has 2 aliphatic carbocycles. The molecule has 0 bridgehead atoms. The average Bonchev–Trinajstić information content (AvgIpc) is 3.41. The minimum absolute atomic E-state index is 0.131. The van der Waals surface area contributed by atoms with Crippen molar-refractivity contribution in [1.29, 1.82) is 0 Å². The number of hydrogen-bond acceptors (Lipinski definition) is 0. The van der Waals surface area contributed by atoms with Crippen molar-refractivity contribution in [2.75, 3.05) is 0 Å². The molecule has 0 heterocycles. The van der Waals surface area contributed by atoms with Crippen LogP contribution in [0.2, 0.25) is 0 Å². The summed E-state index contributed by atoms with van der Waals surface area (Å²) in [5.41, 5.74) is 14.8. The van der Waals surface area contributed by atoms with E-state index in [9.17, 15) is 0 Å². The van der Waals surface area contributed by atoms with Crippen molar-refractivity contribution in [1.82, 2.24) is 0 Å². The van der Waals surface area contributed by atoms with Crippen LogP contribution in [0.4, 0.5) is 0 Å². The van der Waals surface area contributed by atoms with E-state index in [2.05, 4.69) is 136 Å². The number of benzene rings is 6. The van der Waals surface area contributed by atoms with Gasteiger partial charge in [0.2, 0.25) is 0 Å². The summed E-state index contributed by atoms with van der Waals surface area (Å²) >= 11 is 0. The summed E-state index contributed by atoms with van der Waals surface area (Å²) in [6, 6.07) is 43.4. The third-order valence-corrected chi connectivity index (χ3v) is 9.71. The van der Waals surface area contributed by atoms with Crippen LogP contribution in [-0.4, -0.2) is 0 Å². The highest BCUT2D eigenvalue weighted by Gasteiger charge is 2.42. The zero-order chi connectivity index (χ0) is 30.1. The van der Waals surface area contributed by atoms with E-state index in [0.717, 1.165) is 22.3 Å². The van der Waals surface area contributed by atoms with E-state index in [1.807, 2.05) is 36.4 Å². The summed E-state index contributed by atoms with van der Waals surface area (Å²) in [7, 11) is 0. The van der Waals surface area contributed by atoms with Crippen molar-refractivity contribution >= 4 is 10.8 Å². The first kappa shape index (κ1) is 26.3. The molecule has 0 nitrogen and oxygen atoms in total. The Morgan fingerprint density at radius 1 is 0.386 bits per heavy atom. The SMILES string of the molecule is CC1(C)c2cc(C#Cc3ccccc3)ccc2-c2cc3c(cc21)-c1c(cc(C#Cc2ccccc2)c2ccccc12)C3(C)C. The van der Waals surface area contributed by atoms with E-state index < -0.39 is 0 Å². The first-order chi connectivity index (χ1) is 21.3. The smallest absolute Gasteiger partial charge is 0.0331 e. The maximum absolute atomic E-state index is 3.53. The summed E-state index contributed by atoms with van der Waals surface area (Å²) in [6.07, 6.45) is 0. The van der Waals surface area contributed by atoms with Crippen molar-refractivity contribution < 1.29 is 0 Å². The molecule has 0 heteroatoms. The molecule has 0 spiro atoms. The summed E-state index contributed by atoms with van der Waals surface area (Å²) in [4.78, 5) is 0. The molecule has 44 heavy (non-hydrogen) atoms. The predicted octanol–water partition coefficient (Wildman–Crippen LogP) is 10.3. The van der Waals surface area contributed by atoms with Crippen molar-refractivity contribution in [3.63, 3.8) is 0 Å². The molecule has 6 aromatic carbocycles. The van der Waals surface area contributed by atoms with Gasteiger partial charge in [-0.25, -0.2) is 0 Å². The Labute approximate surface area is 260 Å². The van der Waals surface area contributed by atoms with Gasteiger partial charge in [-0.1, -0.05) is 118 Å². The summed E-state index contributed by atoms with van der Waals surface area (Å²) in [5, 5.41) is 2.49. The minimum atomic E-state index is -0.152. The Morgan fingerprint density at radius 2 is 0.909 bits per heavy atom. The molecule has 8 rings (SSSR count). The quantitative estimate of drug-likeness (QED) is 0.162. The molecule has 0 atom stereocenters. The van der Waals surface area contributed by atoms with Gasteiger partial charge in [-0.3, -0.25) is 0 Å². The number of hydrogen-bond donors (Lipinski definition) is 0. The van der Waals surface area contributed by atoms with Crippen molar-refractivity contribution in [2.45, 2.75) is 38.5 Å². The molecule has 0 unspecified atom stereocenters. The van der Waals surface area contributed by atoms with Crippen LogP contribution in [0.15, 0.2) is 121 Å². The molecule has 0 fully saturated rings. The fourth-order valence-corrected chi connectivity index (χ4v) is 7.32. The van der Waals surface area contributed by atoms with Gasteiger partial charge in [-0.05, 0) is 110 Å². The first-order valence-electron chi connectivity index (χ1n) is 15.4. The molecule has 0 radical (unpaired) electrons. The van der Waals surface area contributed by atoms with Crippen LogP contribution in [0.3, 0.4) is 0 Å². The zero-order valence-electron chi connectivity index (χ0n) is 25.5. The van der Waals surface area contributed by atoms with Gasteiger partial charge < -0.3 is 0 Å². The number of fused-ring (bicyclic) bond motifs is 8. The highest BCUT2D eigenvalue weighted by molar-refractivity contribution is 6.06. The Kier molecular flexibility index (Phi) is 5.75. The second-order valence-corrected chi connectivity index (χ2v) is 13.1. The Morgan fingerprint density at radius 3 is 1.61 bits per heavy atom. The molecule has 0 amide bonds. The van der Waals surface area contributed by atoms with E-state index in [-0.39, 0.29) is 10.8 Å². The molecule has 208 valence electrons. The Hall–Kier alpha value is -5.30. The van der Waals surface area contributed by atoms with Crippen LogP contribution >= 0.6 is 0 Å². The molecular weight excluding hydrogens is 528 g/mol. The van der Waals surface area contributed by atoms with Crippen LogP contribution in [0.25, 0.3) is 33.0 Å². The number of rotatable bonds is 0. The van der Waals surface area contributed by atoms with Crippen molar-refractivity contribution in [3.8, 4) is 45.9 Å². The maximum atomic E-state index is 3.53. The zero-order valence-corrected chi connectivity index (χ0v) is 25.5. The average molecular weight is 561 g/mol. The van der Waals surface area contributed by atoms with Gasteiger partial charge in [-0.2, -0.15) is 0 Å². The monoisotopic (exact) mass is 560 g/mol. The van der Waals surface area contributed by atoms with Crippen molar-refractivity contribution in [2.24, 2.45) is 0 Å². The lowest BCUT2D eigenvalue weighted by atomic mass is 9.79. The van der Waals surface area contributed by atoms with Gasteiger partial charge in [0, 0.05) is 33.1 Å². The van der Waals surface area contributed by atoms with Crippen LogP contribution < -0.4 is 0 Å². The minimum Gasteiger partial charge on any atom is -0.0622 e. The fourth-order valence-electron chi connectivity index (χ4n) is 7.32. The van der Waals surface area contributed by atoms with E-state index in [1.165, 1.54) is 55.3 Å². The lowest BCUT2D eigenvalue weighted by Gasteiger charge is -2.24. The maximum Gasteiger partial charge on any atom is 0.0331 e. The Balaban J connectivity index is 1.28. The largest absolute Gasteiger partial charge is 0.0622 e. The van der Waals surface area contributed by atoms with Crippen LogP contribution in [0, 0.1) is 23.7 Å². The van der Waals surface area contributed by atoms with Gasteiger partial charge in [-0.15, -0.1) is 0 Å². The molecule has 6 aromatic rings. The van der Waals surface area contributed by atoms with E-state index >= 15 is 0 Å². The normalized spacial score (nSPS) is 14.4. The van der Waals surface area contributed by atoms with Gasteiger partial charge in [0.05, 0.1) is 0 Å². The van der Waals surface area contributed by atoms with E-state index in [4.69, 9.17) is 0 Å². The van der Waals surface area contributed by atoms with Crippen molar-refractivity contribution in [3.05, 3.63) is 166 Å². The summed E-state index contributed by atoms with van der Waals surface area (Å²) in [6.45, 7) is 9.46. The lowest BCUT2D eigenvalue weighted by Crippen LogP contribution is -2.17. The molecular formula is C44H32. The molecule has 0 aliphatic heterocycles. The second-order valence-electron chi connectivity index (χ2n) is 13.1. The highest BCUT2D eigenvalue weighted by Crippen LogP contribution is 2.57. The van der Waals surface area contributed by atoms with Gasteiger partial charge >= 0.3 is 0 Å². The first-order valence-corrected chi connectivity index (χ1v) is 15.4. The Bertz CT molecular complexity index is 2260. The van der Waals surface area contributed by atoms with Gasteiger partial charge in [0.1, 0.15) is 0 Å². The highest BCUT2D eigenvalue weighted by atomic mass is 14.4. The molecule has 0 saturated heterocycles. The molecule has 0 aromatic heterocycles. The summed E-state index contributed by atoms with van der Waals surface area (Å²) in [5.74, 6) is 13.7. The van der Waals surface area contributed by atoms with Crippen LogP contribution in [0.1, 0.15) is 72.2 Å². The van der Waals surface area contributed by atoms with Crippen LogP contribution in [-0.2, 0) is 10.8 Å². The predicted molar refractivity (Wildman–Crippen MR) is 184 cm³/mol. The standard InChI is InChI=1S/C44H32/c1-43(2)38-25-31(20-19-29-13-7-5-8-14-29)22-24-34(38)36-27-40-37(28-39(36)43)42-35-18-12-11-17-33(35)32(26-41(42)44(40,3)4)23-21-30-15-9-6-10-16-30/h5-18,22,24-28H,1-4H3. The molecule has 0 N–H and O–H groups in total. The lowest BCUT2D eigenvalue weighted by molar-refractivity contribution is 0.652. The third kappa shape index (κ3) is 3.96. The van der Waals surface area contributed by atoms with Gasteiger partial charge in [0.15, 0.2) is 0 Å². The molecule has 2 aliphatic rings. The second kappa shape index (κ2) is 9.61.